The smallest absolute Gasteiger partial charge is 0.330 e. The van der Waals surface area contributed by atoms with E-state index in [1.54, 1.807) is 13.8 Å². The molecule has 182 valence electrons. The largest absolute Gasteiger partial charge is 0.373 e. The Bertz CT molecular complexity index is 1140. The number of aromatic nitrogens is 4. The number of anilines is 1. The molecule has 4 atom stereocenters. The summed E-state index contributed by atoms with van der Waals surface area (Å²) in [5.41, 5.74) is -2.42. The van der Waals surface area contributed by atoms with Crippen molar-refractivity contribution < 1.29 is 18.7 Å². The van der Waals surface area contributed by atoms with E-state index in [2.05, 4.69) is 15.1 Å². The van der Waals surface area contributed by atoms with Gasteiger partial charge in [0.1, 0.15) is 17.7 Å². The molecular formula is C22H33N5O6. The first-order valence-electron chi connectivity index (χ1n) is 11.1. The fourth-order valence-corrected chi connectivity index (χ4v) is 4.34. The molecule has 2 bridgehead atoms. The highest BCUT2D eigenvalue weighted by Gasteiger charge is 2.67. The lowest BCUT2D eigenvalue weighted by Gasteiger charge is -2.38. The van der Waals surface area contributed by atoms with Gasteiger partial charge in [-0.05, 0) is 53.6 Å². The van der Waals surface area contributed by atoms with Gasteiger partial charge in [0, 0.05) is 18.7 Å². The molecule has 1 N–H and O–H groups in total. The number of nitrogens with one attached hydrogen (secondary N) is 1. The van der Waals surface area contributed by atoms with Crippen molar-refractivity contribution in [2.45, 2.75) is 90.6 Å². The Labute approximate surface area is 192 Å². The average Bonchev–Trinajstić information content (AvgIpc) is 3.32. The van der Waals surface area contributed by atoms with Gasteiger partial charge in [0.15, 0.2) is 6.23 Å². The third kappa shape index (κ3) is 4.49. The monoisotopic (exact) mass is 463 g/mol. The van der Waals surface area contributed by atoms with E-state index in [1.165, 1.54) is 10.8 Å². The van der Waals surface area contributed by atoms with Crippen LogP contribution in [0.2, 0.25) is 0 Å². The molecule has 2 aromatic rings. The van der Waals surface area contributed by atoms with Crippen LogP contribution >= 0.6 is 0 Å². The van der Waals surface area contributed by atoms with Gasteiger partial charge in [-0.25, -0.2) is 4.79 Å². The van der Waals surface area contributed by atoms with Gasteiger partial charge in [-0.2, -0.15) is 4.98 Å². The molecule has 0 unspecified atom stereocenters. The number of H-pyrrole nitrogens is 1. The Morgan fingerprint density at radius 2 is 1.88 bits per heavy atom. The molecule has 2 saturated heterocycles. The molecule has 2 fully saturated rings. The molecule has 0 amide bonds. The van der Waals surface area contributed by atoms with Gasteiger partial charge in [-0.3, -0.25) is 14.3 Å². The molecule has 2 aromatic heterocycles. The molecule has 4 rings (SSSR count). The van der Waals surface area contributed by atoms with Crippen LogP contribution in [0.3, 0.4) is 0 Å². The van der Waals surface area contributed by atoms with Gasteiger partial charge in [-0.1, -0.05) is 0 Å². The first kappa shape index (κ1) is 23.7. The van der Waals surface area contributed by atoms with Crippen molar-refractivity contribution in [3.63, 3.8) is 0 Å². The second kappa shape index (κ2) is 7.78. The molecule has 11 heteroatoms. The van der Waals surface area contributed by atoms with Crippen LogP contribution < -0.4 is 16.1 Å². The zero-order valence-corrected chi connectivity index (χ0v) is 20.5. The minimum absolute atomic E-state index is 0.231. The predicted molar refractivity (Wildman–Crippen MR) is 119 cm³/mol. The summed E-state index contributed by atoms with van der Waals surface area (Å²) in [7, 11) is 0. The number of aromatic amines is 1. The van der Waals surface area contributed by atoms with Crippen molar-refractivity contribution in [3.8, 4) is 0 Å². The van der Waals surface area contributed by atoms with E-state index in [0.717, 1.165) is 0 Å². The van der Waals surface area contributed by atoms with Crippen molar-refractivity contribution in [1.82, 2.24) is 19.7 Å². The number of aryl methyl sites for hydroxylation is 2. The number of nitrogens with zero attached hydrogens (tertiary/aromatic N) is 4. The zero-order chi connectivity index (χ0) is 24.3. The highest BCUT2D eigenvalue weighted by atomic mass is 16.6. The van der Waals surface area contributed by atoms with Crippen LogP contribution in [0.25, 0.3) is 0 Å². The number of fused-ring (bicyclic) bond motifs is 2. The summed E-state index contributed by atoms with van der Waals surface area (Å²) in [4.78, 5) is 33.5. The number of morpholine rings is 1. The van der Waals surface area contributed by atoms with Crippen LogP contribution in [0.15, 0.2) is 20.3 Å². The molecule has 0 radical (unpaired) electrons. The first-order valence-corrected chi connectivity index (χ1v) is 11.1. The maximum atomic E-state index is 12.8. The lowest BCUT2D eigenvalue weighted by molar-refractivity contribution is -0.183. The molecule has 0 saturated carbocycles. The van der Waals surface area contributed by atoms with Crippen molar-refractivity contribution in [2.75, 3.05) is 18.1 Å². The standard InChI is InChI=1S/C22H33N5O6/c1-12-9-26(19(29)24-16(12)28)17-14-15(31-21(6,7)8)22(32-17,11-30-20(3,4)5)10-27(14)18-23-13(2)33-25-18/h9,14-15,17H,10-11H2,1-8H3,(H,24,28,29)/t14-,15+,17-,22-/m1/s1. The summed E-state index contributed by atoms with van der Waals surface area (Å²) < 4.78 is 25.9. The minimum atomic E-state index is -0.909. The SMILES string of the molecule is Cc1nc(N2C[C@]3(COC(C)(C)C)O[C@@H](n4cc(C)c(=O)[nH]c4=O)[C@H]2[C@@H]3OC(C)(C)C)no1. The molecule has 0 aromatic carbocycles. The Kier molecular flexibility index (Phi) is 5.58. The highest BCUT2D eigenvalue weighted by Crippen LogP contribution is 2.50. The Hall–Kier alpha value is -2.50. The summed E-state index contributed by atoms with van der Waals surface area (Å²) in [5.74, 6) is 0.815. The van der Waals surface area contributed by atoms with E-state index >= 15 is 0 Å². The molecule has 2 aliphatic heterocycles. The highest BCUT2D eigenvalue weighted by molar-refractivity contribution is 5.40. The third-order valence-electron chi connectivity index (χ3n) is 5.70. The van der Waals surface area contributed by atoms with Crippen LogP contribution in [0.1, 0.15) is 59.2 Å². The van der Waals surface area contributed by atoms with Gasteiger partial charge in [0.05, 0.1) is 24.4 Å². The van der Waals surface area contributed by atoms with Gasteiger partial charge in [0.2, 0.25) is 5.89 Å². The summed E-state index contributed by atoms with van der Waals surface area (Å²) in [6.45, 7) is 15.8. The van der Waals surface area contributed by atoms with Crippen LogP contribution in [0.4, 0.5) is 5.95 Å². The number of hydrogen-bond acceptors (Lipinski definition) is 9. The third-order valence-corrected chi connectivity index (χ3v) is 5.70. The normalized spacial score (nSPS) is 27.5. The van der Waals surface area contributed by atoms with Gasteiger partial charge >= 0.3 is 5.69 Å². The Morgan fingerprint density at radius 3 is 2.45 bits per heavy atom. The van der Waals surface area contributed by atoms with E-state index in [1.807, 2.05) is 46.4 Å². The maximum Gasteiger partial charge on any atom is 0.330 e. The predicted octanol–water partition coefficient (Wildman–Crippen LogP) is 1.69. The topological polar surface area (TPSA) is 125 Å². The van der Waals surface area contributed by atoms with Gasteiger partial charge in [0.25, 0.3) is 11.5 Å². The lowest BCUT2D eigenvalue weighted by Crippen LogP contribution is -2.52. The molecular weight excluding hydrogens is 430 g/mol. The van der Waals surface area contributed by atoms with Crippen LogP contribution in [-0.4, -0.2) is 61.8 Å². The summed E-state index contributed by atoms with van der Waals surface area (Å²) in [5, 5.41) is 4.11. The van der Waals surface area contributed by atoms with E-state index in [0.29, 0.717) is 23.9 Å². The summed E-state index contributed by atoms with van der Waals surface area (Å²) >= 11 is 0. The maximum absolute atomic E-state index is 12.8. The number of hydrogen-bond donors (Lipinski definition) is 1. The zero-order valence-electron chi connectivity index (χ0n) is 20.5. The second-order valence-corrected chi connectivity index (χ2v) is 10.8. The lowest BCUT2D eigenvalue weighted by atomic mass is 9.98. The van der Waals surface area contributed by atoms with Crippen molar-refractivity contribution in [1.29, 1.82) is 0 Å². The van der Waals surface area contributed by atoms with Crippen LogP contribution in [0.5, 0.6) is 0 Å². The Morgan fingerprint density at radius 1 is 1.18 bits per heavy atom. The number of ether oxygens (including phenoxy) is 3. The van der Waals surface area contributed by atoms with Crippen molar-refractivity contribution in [2.24, 2.45) is 0 Å². The van der Waals surface area contributed by atoms with Crippen molar-refractivity contribution >= 4 is 5.95 Å². The van der Waals surface area contributed by atoms with Gasteiger partial charge < -0.3 is 23.6 Å². The number of rotatable bonds is 5. The molecule has 33 heavy (non-hydrogen) atoms. The molecule has 2 aliphatic rings. The summed E-state index contributed by atoms with van der Waals surface area (Å²) in [6, 6.07) is -0.465. The molecule has 0 aliphatic carbocycles. The molecule has 4 heterocycles. The average molecular weight is 464 g/mol. The first-order chi connectivity index (χ1) is 15.2. The second-order valence-electron chi connectivity index (χ2n) is 10.8. The van der Waals surface area contributed by atoms with Crippen LogP contribution in [-0.2, 0) is 14.2 Å². The molecule has 11 nitrogen and oxygen atoms in total. The van der Waals surface area contributed by atoms with E-state index < -0.39 is 46.4 Å². The van der Waals surface area contributed by atoms with E-state index in [4.69, 9.17) is 18.7 Å². The summed E-state index contributed by atoms with van der Waals surface area (Å²) in [6.07, 6.45) is 0.276. The van der Waals surface area contributed by atoms with Gasteiger partial charge in [-0.15, -0.1) is 0 Å². The van der Waals surface area contributed by atoms with E-state index in [9.17, 15) is 9.59 Å². The fraction of sp³-hybridized carbons (Fsp3) is 0.727. The van der Waals surface area contributed by atoms with Crippen LogP contribution in [0, 0.1) is 13.8 Å². The fourth-order valence-electron chi connectivity index (χ4n) is 4.34. The minimum Gasteiger partial charge on any atom is -0.373 e. The van der Waals surface area contributed by atoms with Crippen molar-refractivity contribution in [3.05, 3.63) is 38.5 Å². The Balaban J connectivity index is 1.85. The van der Waals surface area contributed by atoms with E-state index in [-0.39, 0.29) is 6.61 Å². The quantitative estimate of drug-likeness (QED) is 0.705. The molecule has 0 spiro atoms.